The van der Waals surface area contributed by atoms with Crippen LogP contribution in [0.4, 0.5) is 10.6 Å². The van der Waals surface area contributed by atoms with E-state index in [-0.39, 0.29) is 0 Å². The highest BCUT2D eigenvalue weighted by atomic mass is 16.6. The Hall–Kier alpha value is -1.62. The van der Waals surface area contributed by atoms with Gasteiger partial charge in [-0.05, 0) is 25.0 Å². The van der Waals surface area contributed by atoms with Gasteiger partial charge in [0.15, 0.2) is 0 Å². The number of anilines is 1. The van der Waals surface area contributed by atoms with Crippen molar-refractivity contribution in [2.75, 3.05) is 25.1 Å². The standard InChI is InChI=1S/C11H15N3O2/c15-11(13-10-5-1-2-6-12-10)16-9-14-7-3-4-8-14/h1-2,5-6H,3-4,7-9H2,(H,12,13,15). The van der Waals surface area contributed by atoms with Crippen molar-refractivity contribution in [3.63, 3.8) is 0 Å². The van der Waals surface area contributed by atoms with Crippen LogP contribution in [0, 0.1) is 0 Å². The third-order valence-corrected chi connectivity index (χ3v) is 2.47. The number of likely N-dealkylation sites (tertiary alicyclic amines) is 1. The van der Waals surface area contributed by atoms with Crippen LogP contribution in [0.1, 0.15) is 12.8 Å². The van der Waals surface area contributed by atoms with Crippen LogP contribution < -0.4 is 5.32 Å². The van der Waals surface area contributed by atoms with Gasteiger partial charge in [-0.2, -0.15) is 0 Å². The maximum atomic E-state index is 11.4. The van der Waals surface area contributed by atoms with Crippen molar-refractivity contribution < 1.29 is 9.53 Å². The fourth-order valence-electron chi connectivity index (χ4n) is 1.64. The summed E-state index contributed by atoms with van der Waals surface area (Å²) in [4.78, 5) is 17.5. The molecule has 5 heteroatoms. The van der Waals surface area contributed by atoms with E-state index in [4.69, 9.17) is 4.74 Å². The van der Waals surface area contributed by atoms with Crippen LogP contribution in [0.3, 0.4) is 0 Å². The molecule has 1 aromatic heterocycles. The summed E-state index contributed by atoms with van der Waals surface area (Å²) in [7, 11) is 0. The fraction of sp³-hybridized carbons (Fsp3) is 0.455. The lowest BCUT2D eigenvalue weighted by Crippen LogP contribution is -2.26. The van der Waals surface area contributed by atoms with Crippen LogP contribution in [0.15, 0.2) is 24.4 Å². The lowest BCUT2D eigenvalue weighted by molar-refractivity contribution is 0.0924. The SMILES string of the molecule is O=C(Nc1ccccn1)OCN1CCCC1. The first-order valence-corrected chi connectivity index (χ1v) is 5.42. The lowest BCUT2D eigenvalue weighted by Gasteiger charge is -2.14. The summed E-state index contributed by atoms with van der Waals surface area (Å²) in [6, 6.07) is 5.32. The molecule has 1 saturated heterocycles. The Morgan fingerprint density at radius 3 is 2.94 bits per heavy atom. The van der Waals surface area contributed by atoms with Crippen molar-refractivity contribution in [1.82, 2.24) is 9.88 Å². The van der Waals surface area contributed by atoms with Gasteiger partial charge in [0.2, 0.25) is 0 Å². The minimum absolute atomic E-state index is 0.360. The van der Waals surface area contributed by atoms with Crippen LogP contribution in [0.5, 0.6) is 0 Å². The van der Waals surface area contributed by atoms with Crippen LogP contribution in [-0.4, -0.2) is 35.8 Å². The summed E-state index contributed by atoms with van der Waals surface area (Å²) < 4.78 is 5.07. The Morgan fingerprint density at radius 2 is 2.25 bits per heavy atom. The molecule has 0 spiro atoms. The highest BCUT2D eigenvalue weighted by Gasteiger charge is 2.13. The first-order chi connectivity index (χ1) is 7.84. The highest BCUT2D eigenvalue weighted by molar-refractivity contribution is 5.83. The summed E-state index contributed by atoms with van der Waals surface area (Å²) in [5, 5.41) is 2.57. The molecule has 1 amide bonds. The monoisotopic (exact) mass is 221 g/mol. The molecule has 16 heavy (non-hydrogen) atoms. The third kappa shape index (κ3) is 3.20. The third-order valence-electron chi connectivity index (χ3n) is 2.47. The number of carbonyl (C=O) groups excluding carboxylic acids is 1. The van der Waals surface area contributed by atoms with Crippen molar-refractivity contribution in [2.45, 2.75) is 12.8 Å². The minimum atomic E-state index is -0.453. The zero-order valence-electron chi connectivity index (χ0n) is 9.06. The number of hydrogen-bond donors (Lipinski definition) is 1. The van der Waals surface area contributed by atoms with E-state index >= 15 is 0 Å². The van der Waals surface area contributed by atoms with Crippen molar-refractivity contribution in [3.05, 3.63) is 24.4 Å². The average molecular weight is 221 g/mol. The number of pyridine rings is 1. The van der Waals surface area contributed by atoms with Crippen molar-refractivity contribution in [1.29, 1.82) is 0 Å². The molecule has 5 nitrogen and oxygen atoms in total. The Bertz CT molecular complexity index is 336. The van der Waals surface area contributed by atoms with E-state index in [9.17, 15) is 4.79 Å². The van der Waals surface area contributed by atoms with Gasteiger partial charge in [-0.15, -0.1) is 0 Å². The molecule has 2 heterocycles. The normalized spacial score (nSPS) is 16.0. The molecule has 0 radical (unpaired) electrons. The zero-order chi connectivity index (χ0) is 11.2. The molecule has 0 saturated carbocycles. The number of nitrogens with one attached hydrogen (secondary N) is 1. The van der Waals surface area contributed by atoms with E-state index in [2.05, 4.69) is 15.2 Å². The second-order valence-corrected chi connectivity index (χ2v) is 3.73. The number of hydrogen-bond acceptors (Lipinski definition) is 4. The van der Waals surface area contributed by atoms with Crippen LogP contribution in [0.25, 0.3) is 0 Å². The van der Waals surface area contributed by atoms with Gasteiger partial charge in [0, 0.05) is 19.3 Å². The van der Waals surface area contributed by atoms with Crippen molar-refractivity contribution in [2.24, 2.45) is 0 Å². The molecule has 0 aromatic carbocycles. The highest BCUT2D eigenvalue weighted by Crippen LogP contribution is 2.07. The number of nitrogens with zero attached hydrogens (tertiary/aromatic N) is 2. The summed E-state index contributed by atoms with van der Waals surface area (Å²) in [5.41, 5.74) is 0. The molecule has 0 bridgehead atoms. The first-order valence-electron chi connectivity index (χ1n) is 5.42. The Labute approximate surface area is 94.4 Å². The van der Waals surface area contributed by atoms with Gasteiger partial charge >= 0.3 is 6.09 Å². The predicted octanol–water partition coefficient (Wildman–Crippen LogP) is 1.68. The van der Waals surface area contributed by atoms with Crippen LogP contribution in [0.2, 0.25) is 0 Å². The van der Waals surface area contributed by atoms with Gasteiger partial charge in [0.1, 0.15) is 12.5 Å². The molecule has 0 unspecified atom stereocenters. The lowest BCUT2D eigenvalue weighted by atomic mass is 10.4. The summed E-state index contributed by atoms with van der Waals surface area (Å²) >= 11 is 0. The van der Waals surface area contributed by atoms with Crippen molar-refractivity contribution in [3.8, 4) is 0 Å². The second-order valence-electron chi connectivity index (χ2n) is 3.73. The molecule has 0 atom stereocenters. The first kappa shape index (κ1) is 10.9. The number of aromatic nitrogens is 1. The smallest absolute Gasteiger partial charge is 0.414 e. The molecule has 1 aromatic rings. The predicted molar refractivity (Wildman–Crippen MR) is 60.0 cm³/mol. The molecule has 2 rings (SSSR count). The second kappa shape index (κ2) is 5.46. The summed E-state index contributed by atoms with van der Waals surface area (Å²) in [5.74, 6) is 0.508. The van der Waals surface area contributed by atoms with E-state index in [0.29, 0.717) is 12.5 Å². The van der Waals surface area contributed by atoms with Gasteiger partial charge in [-0.25, -0.2) is 9.78 Å². The van der Waals surface area contributed by atoms with E-state index in [1.165, 1.54) is 12.8 Å². The van der Waals surface area contributed by atoms with E-state index in [1.807, 2.05) is 6.07 Å². The van der Waals surface area contributed by atoms with Gasteiger partial charge < -0.3 is 4.74 Å². The van der Waals surface area contributed by atoms with Crippen LogP contribution in [-0.2, 0) is 4.74 Å². The molecule has 1 N–H and O–H groups in total. The molecule has 1 aliphatic rings. The number of amides is 1. The number of rotatable bonds is 3. The molecule has 1 fully saturated rings. The van der Waals surface area contributed by atoms with Gasteiger partial charge in [-0.1, -0.05) is 6.07 Å². The molecular weight excluding hydrogens is 206 g/mol. The van der Waals surface area contributed by atoms with Gasteiger partial charge in [0.25, 0.3) is 0 Å². The van der Waals surface area contributed by atoms with Crippen molar-refractivity contribution >= 4 is 11.9 Å². The Balaban J connectivity index is 1.72. The minimum Gasteiger partial charge on any atom is -0.433 e. The Morgan fingerprint density at radius 1 is 1.44 bits per heavy atom. The van der Waals surface area contributed by atoms with E-state index in [1.54, 1.807) is 18.3 Å². The molecule has 0 aliphatic carbocycles. The zero-order valence-corrected chi connectivity index (χ0v) is 9.06. The summed E-state index contributed by atoms with van der Waals surface area (Å²) in [6.07, 6.45) is 3.54. The van der Waals surface area contributed by atoms with Gasteiger partial charge in [-0.3, -0.25) is 10.2 Å². The van der Waals surface area contributed by atoms with E-state index in [0.717, 1.165) is 13.1 Å². The topological polar surface area (TPSA) is 54.5 Å². The fourth-order valence-corrected chi connectivity index (χ4v) is 1.64. The maximum absolute atomic E-state index is 11.4. The molecular formula is C11H15N3O2. The number of ether oxygens (including phenoxy) is 1. The summed E-state index contributed by atoms with van der Waals surface area (Å²) in [6.45, 7) is 2.38. The van der Waals surface area contributed by atoms with Crippen LogP contribution >= 0.6 is 0 Å². The quantitative estimate of drug-likeness (QED) is 0.843. The largest absolute Gasteiger partial charge is 0.433 e. The number of carbonyl (C=O) groups is 1. The molecule has 1 aliphatic heterocycles. The molecule has 86 valence electrons. The maximum Gasteiger partial charge on any atom is 0.414 e. The van der Waals surface area contributed by atoms with Gasteiger partial charge in [0.05, 0.1) is 0 Å². The Kier molecular flexibility index (Phi) is 3.71. The average Bonchev–Trinajstić information content (AvgIpc) is 2.81. The van der Waals surface area contributed by atoms with E-state index < -0.39 is 6.09 Å².